The molecule has 0 bridgehead atoms. The van der Waals surface area contributed by atoms with Crippen molar-refractivity contribution in [3.05, 3.63) is 48.0 Å². The fraction of sp³-hybridized carbons (Fsp3) is 0.250. The zero-order valence-corrected chi connectivity index (χ0v) is 18.2. The highest BCUT2D eigenvalue weighted by Gasteiger charge is 2.43. The highest BCUT2D eigenvalue weighted by Crippen LogP contribution is 2.49. The van der Waals surface area contributed by atoms with E-state index in [9.17, 15) is 19.1 Å². The van der Waals surface area contributed by atoms with Gasteiger partial charge in [-0.2, -0.15) is 0 Å². The third-order valence-corrected chi connectivity index (χ3v) is 5.16. The van der Waals surface area contributed by atoms with Crippen LogP contribution in [-0.2, 0) is 9.36 Å². The van der Waals surface area contributed by atoms with Crippen molar-refractivity contribution in [3.8, 4) is 28.7 Å². The summed E-state index contributed by atoms with van der Waals surface area (Å²) in [6.45, 7) is 3.84. The number of β-lactam (4-membered cyclic amide) rings is 1. The number of hydrogen-bond acceptors (Lipinski definition) is 7. The molecule has 1 heterocycles. The Labute approximate surface area is 178 Å². The highest BCUT2D eigenvalue weighted by atomic mass is 31.2. The SMILES string of the molecule is C=C1C(=O)N(c2cc(OC)c(OC)c(OC)c2)C1c1ccc(OC)c(OP(=O)(O)O)c1. The first-order valence-electron chi connectivity index (χ1n) is 8.90. The van der Waals surface area contributed by atoms with Crippen molar-refractivity contribution in [3.63, 3.8) is 0 Å². The topological polar surface area (TPSA) is 124 Å². The van der Waals surface area contributed by atoms with Crippen LogP contribution in [0.2, 0.25) is 0 Å². The molecule has 11 heteroatoms. The fourth-order valence-electron chi connectivity index (χ4n) is 3.36. The molecule has 1 aliphatic rings. The lowest BCUT2D eigenvalue weighted by molar-refractivity contribution is -0.119. The summed E-state index contributed by atoms with van der Waals surface area (Å²) in [5, 5.41) is 0. The first-order chi connectivity index (χ1) is 14.6. The molecule has 1 fully saturated rings. The molecule has 0 aliphatic carbocycles. The van der Waals surface area contributed by atoms with Crippen molar-refractivity contribution in [1.82, 2.24) is 0 Å². The number of hydrogen-bond donors (Lipinski definition) is 2. The molecule has 1 atom stereocenters. The van der Waals surface area contributed by atoms with Crippen LogP contribution in [0.3, 0.4) is 0 Å². The lowest BCUT2D eigenvalue weighted by Gasteiger charge is -2.42. The van der Waals surface area contributed by atoms with Crippen LogP contribution in [0.15, 0.2) is 42.5 Å². The third kappa shape index (κ3) is 4.18. The summed E-state index contributed by atoms with van der Waals surface area (Å²) in [7, 11) is 0.911. The lowest BCUT2D eigenvalue weighted by Crippen LogP contribution is -2.48. The van der Waals surface area contributed by atoms with Gasteiger partial charge in [-0.3, -0.25) is 19.5 Å². The van der Waals surface area contributed by atoms with Crippen LogP contribution < -0.4 is 28.4 Å². The molecule has 0 radical (unpaired) electrons. The van der Waals surface area contributed by atoms with E-state index in [1.807, 2.05) is 0 Å². The second-order valence-corrected chi connectivity index (χ2v) is 7.64. The molecule has 1 saturated heterocycles. The van der Waals surface area contributed by atoms with E-state index in [-0.39, 0.29) is 17.4 Å². The Hall–Kier alpha value is -3.20. The maximum absolute atomic E-state index is 12.7. The number of benzene rings is 2. The number of carbonyl (C=O) groups excluding carboxylic acids is 1. The molecule has 2 aromatic rings. The molecule has 0 spiro atoms. The molecule has 2 aromatic carbocycles. The lowest BCUT2D eigenvalue weighted by atomic mass is 9.88. The number of amides is 1. The van der Waals surface area contributed by atoms with Gasteiger partial charge in [0.2, 0.25) is 5.75 Å². The average molecular weight is 451 g/mol. The van der Waals surface area contributed by atoms with Crippen LogP contribution in [0.5, 0.6) is 28.7 Å². The predicted molar refractivity (Wildman–Crippen MR) is 111 cm³/mol. The summed E-state index contributed by atoms with van der Waals surface area (Å²) in [6.07, 6.45) is 0. The maximum atomic E-state index is 12.7. The van der Waals surface area contributed by atoms with Crippen molar-refractivity contribution < 1.29 is 42.6 Å². The van der Waals surface area contributed by atoms with Gasteiger partial charge < -0.3 is 23.5 Å². The van der Waals surface area contributed by atoms with Gasteiger partial charge in [0.15, 0.2) is 23.0 Å². The normalized spacial score (nSPS) is 15.9. The molecular weight excluding hydrogens is 429 g/mol. The smallest absolute Gasteiger partial charge is 0.493 e. The Morgan fingerprint density at radius 2 is 1.48 bits per heavy atom. The number of phosphoric ester groups is 1. The van der Waals surface area contributed by atoms with Crippen LogP contribution >= 0.6 is 7.82 Å². The van der Waals surface area contributed by atoms with Gasteiger partial charge in [0.05, 0.1) is 40.2 Å². The first-order valence-corrected chi connectivity index (χ1v) is 10.4. The van der Waals surface area contributed by atoms with E-state index < -0.39 is 13.9 Å². The summed E-state index contributed by atoms with van der Waals surface area (Å²) >= 11 is 0. The minimum atomic E-state index is -4.83. The Kier molecular flexibility index (Phi) is 6.17. The van der Waals surface area contributed by atoms with Crippen molar-refractivity contribution in [2.75, 3.05) is 33.3 Å². The predicted octanol–water partition coefficient (Wildman–Crippen LogP) is 2.84. The van der Waals surface area contributed by atoms with E-state index in [0.29, 0.717) is 34.1 Å². The van der Waals surface area contributed by atoms with Crippen LogP contribution in [0.25, 0.3) is 0 Å². The van der Waals surface area contributed by atoms with Gasteiger partial charge in [0.25, 0.3) is 5.91 Å². The van der Waals surface area contributed by atoms with Gasteiger partial charge in [-0.05, 0) is 17.7 Å². The standard InChI is InChI=1S/C20H22NO9P/c1-11-18(12-6-7-14(26-2)15(8-12)30-31(23,24)25)21(20(11)22)13-9-16(27-3)19(29-5)17(10-13)28-4/h6-10,18H,1H2,2-5H3,(H2,23,24,25). The van der Waals surface area contributed by atoms with E-state index in [1.54, 1.807) is 18.2 Å². The molecule has 1 unspecified atom stereocenters. The summed E-state index contributed by atoms with van der Waals surface area (Å²) < 4.78 is 37.2. The molecule has 3 rings (SSSR count). The first kappa shape index (κ1) is 22.5. The minimum absolute atomic E-state index is 0.127. The van der Waals surface area contributed by atoms with Crippen molar-refractivity contribution in [1.29, 1.82) is 0 Å². The third-order valence-electron chi connectivity index (χ3n) is 4.73. The van der Waals surface area contributed by atoms with E-state index >= 15 is 0 Å². The monoisotopic (exact) mass is 451 g/mol. The summed E-state index contributed by atoms with van der Waals surface area (Å²) in [6, 6.07) is 7.17. The van der Waals surface area contributed by atoms with E-state index in [4.69, 9.17) is 23.5 Å². The number of methoxy groups -OCH3 is 4. The van der Waals surface area contributed by atoms with E-state index in [1.165, 1.54) is 45.5 Å². The molecule has 0 aromatic heterocycles. The van der Waals surface area contributed by atoms with E-state index in [2.05, 4.69) is 6.58 Å². The van der Waals surface area contributed by atoms with Crippen LogP contribution in [0.4, 0.5) is 5.69 Å². The van der Waals surface area contributed by atoms with Gasteiger partial charge in [-0.15, -0.1) is 0 Å². The summed E-state index contributed by atoms with van der Waals surface area (Å²) in [5.74, 6) is 0.738. The van der Waals surface area contributed by atoms with Crippen molar-refractivity contribution in [2.24, 2.45) is 0 Å². The van der Waals surface area contributed by atoms with Gasteiger partial charge >= 0.3 is 7.82 Å². The second kappa shape index (κ2) is 8.50. The van der Waals surface area contributed by atoms with Crippen LogP contribution in [-0.4, -0.2) is 44.1 Å². The van der Waals surface area contributed by atoms with Gasteiger partial charge in [0, 0.05) is 17.7 Å². The van der Waals surface area contributed by atoms with Crippen molar-refractivity contribution >= 4 is 19.4 Å². The van der Waals surface area contributed by atoms with Gasteiger partial charge in [-0.1, -0.05) is 12.6 Å². The molecule has 31 heavy (non-hydrogen) atoms. The van der Waals surface area contributed by atoms with Crippen LogP contribution in [0, 0.1) is 0 Å². The Morgan fingerprint density at radius 3 is 1.97 bits per heavy atom. The quantitative estimate of drug-likeness (QED) is 0.354. The molecule has 1 amide bonds. The molecule has 2 N–H and O–H groups in total. The second-order valence-electron chi connectivity index (χ2n) is 6.48. The number of ether oxygens (including phenoxy) is 4. The molecule has 1 aliphatic heterocycles. The summed E-state index contributed by atoms with van der Waals surface area (Å²) in [4.78, 5) is 32.5. The zero-order valence-electron chi connectivity index (χ0n) is 17.3. The van der Waals surface area contributed by atoms with Gasteiger partial charge in [-0.25, -0.2) is 4.57 Å². The summed E-state index contributed by atoms with van der Waals surface area (Å²) in [5.41, 5.74) is 1.27. The minimum Gasteiger partial charge on any atom is -0.493 e. The molecule has 166 valence electrons. The molecule has 10 nitrogen and oxygen atoms in total. The fourth-order valence-corrected chi connectivity index (χ4v) is 3.76. The average Bonchev–Trinajstić information content (AvgIpc) is 2.74. The number of rotatable bonds is 8. The Bertz CT molecular complexity index is 1050. The van der Waals surface area contributed by atoms with Gasteiger partial charge in [0.1, 0.15) is 0 Å². The molecule has 0 saturated carbocycles. The Balaban J connectivity index is 2.07. The van der Waals surface area contributed by atoms with E-state index in [0.717, 1.165) is 0 Å². The number of anilines is 1. The number of carbonyl (C=O) groups is 1. The largest absolute Gasteiger partial charge is 0.524 e. The van der Waals surface area contributed by atoms with Crippen LogP contribution in [0.1, 0.15) is 11.6 Å². The Morgan fingerprint density at radius 1 is 0.903 bits per heavy atom. The zero-order chi connectivity index (χ0) is 22.9. The number of phosphoric acid groups is 1. The number of nitrogens with zero attached hydrogens (tertiary/aromatic N) is 1. The highest BCUT2D eigenvalue weighted by molar-refractivity contribution is 7.46. The van der Waals surface area contributed by atoms with Crippen molar-refractivity contribution in [2.45, 2.75) is 6.04 Å². The maximum Gasteiger partial charge on any atom is 0.524 e. The molecular formula is C20H22NO9P.